The van der Waals surface area contributed by atoms with Crippen LogP contribution in [-0.4, -0.2) is 16.1 Å². The number of carboxylic acid groups (broad SMARTS) is 1. The highest BCUT2D eigenvalue weighted by molar-refractivity contribution is 7.11. The van der Waals surface area contributed by atoms with E-state index in [1.165, 1.54) is 0 Å². The molecule has 4 nitrogen and oxygen atoms in total. The van der Waals surface area contributed by atoms with Gasteiger partial charge in [-0.15, -0.1) is 11.3 Å². The van der Waals surface area contributed by atoms with Crippen LogP contribution in [0.5, 0.6) is 0 Å². The van der Waals surface area contributed by atoms with Crippen molar-refractivity contribution in [1.29, 1.82) is 0 Å². The first kappa shape index (κ1) is 9.67. The van der Waals surface area contributed by atoms with Crippen LogP contribution in [0.15, 0.2) is 29.6 Å². The van der Waals surface area contributed by atoms with E-state index in [0.29, 0.717) is 11.4 Å². The molecular formula is C10H8N2O2S. The number of carboxylic acids is 1. The van der Waals surface area contributed by atoms with Gasteiger partial charge in [0, 0.05) is 16.6 Å². The topological polar surface area (TPSA) is 76.2 Å². The van der Waals surface area contributed by atoms with Crippen molar-refractivity contribution < 1.29 is 9.90 Å². The summed E-state index contributed by atoms with van der Waals surface area (Å²) in [6, 6.07) is 7.15. The number of nitrogens with zero attached hydrogens (tertiary/aromatic N) is 1. The summed E-state index contributed by atoms with van der Waals surface area (Å²) in [5.41, 5.74) is 7.75. The third kappa shape index (κ3) is 1.97. The van der Waals surface area contributed by atoms with E-state index in [1.807, 2.05) is 12.1 Å². The quantitative estimate of drug-likeness (QED) is 0.760. The number of anilines is 1. The number of aromatic carboxylic acids is 1. The van der Waals surface area contributed by atoms with Gasteiger partial charge in [-0.1, -0.05) is 12.1 Å². The van der Waals surface area contributed by atoms with Gasteiger partial charge in [0.05, 0.1) is 5.69 Å². The molecule has 0 saturated heterocycles. The van der Waals surface area contributed by atoms with E-state index in [1.54, 1.807) is 17.5 Å². The Bertz CT molecular complexity index is 490. The first-order chi connectivity index (χ1) is 7.16. The molecule has 0 fully saturated rings. The molecule has 0 bridgehead atoms. The summed E-state index contributed by atoms with van der Waals surface area (Å²) in [4.78, 5) is 14.6. The van der Waals surface area contributed by atoms with E-state index in [9.17, 15) is 4.79 Å². The Morgan fingerprint density at radius 1 is 1.33 bits per heavy atom. The SMILES string of the molecule is Nc1ccc(-c2csc(C(=O)O)n2)cc1. The molecule has 2 aromatic rings. The molecule has 1 aromatic carbocycles. The van der Waals surface area contributed by atoms with Gasteiger partial charge in [-0.2, -0.15) is 0 Å². The average molecular weight is 220 g/mol. The maximum absolute atomic E-state index is 10.6. The molecule has 1 heterocycles. The zero-order chi connectivity index (χ0) is 10.8. The number of hydrogen-bond acceptors (Lipinski definition) is 4. The maximum atomic E-state index is 10.6. The second-order valence-corrected chi connectivity index (χ2v) is 3.82. The van der Waals surface area contributed by atoms with Gasteiger partial charge >= 0.3 is 5.97 Å². The monoisotopic (exact) mass is 220 g/mol. The molecule has 0 amide bonds. The molecular weight excluding hydrogens is 212 g/mol. The normalized spacial score (nSPS) is 10.1. The molecule has 0 spiro atoms. The summed E-state index contributed by atoms with van der Waals surface area (Å²) in [5.74, 6) is -0.998. The van der Waals surface area contributed by atoms with E-state index in [0.717, 1.165) is 16.9 Å². The zero-order valence-electron chi connectivity index (χ0n) is 7.68. The molecule has 0 aliphatic carbocycles. The van der Waals surface area contributed by atoms with E-state index in [2.05, 4.69) is 4.98 Å². The third-order valence-corrected chi connectivity index (χ3v) is 2.72. The number of nitrogens with two attached hydrogens (primary N) is 1. The van der Waals surface area contributed by atoms with E-state index >= 15 is 0 Å². The fourth-order valence-corrected chi connectivity index (χ4v) is 1.82. The maximum Gasteiger partial charge on any atom is 0.365 e. The van der Waals surface area contributed by atoms with Gasteiger partial charge in [-0.25, -0.2) is 9.78 Å². The molecule has 2 rings (SSSR count). The van der Waals surface area contributed by atoms with Crippen LogP contribution in [0.3, 0.4) is 0 Å². The van der Waals surface area contributed by atoms with E-state index in [4.69, 9.17) is 10.8 Å². The summed E-state index contributed by atoms with van der Waals surface area (Å²) in [7, 11) is 0. The number of carbonyl (C=O) groups is 1. The minimum absolute atomic E-state index is 0.0989. The number of benzene rings is 1. The number of nitrogen functional groups attached to an aromatic ring is 1. The third-order valence-electron chi connectivity index (χ3n) is 1.89. The van der Waals surface area contributed by atoms with Crippen LogP contribution >= 0.6 is 11.3 Å². The fourth-order valence-electron chi connectivity index (χ4n) is 1.16. The molecule has 0 aliphatic heterocycles. The average Bonchev–Trinajstić information content (AvgIpc) is 2.68. The van der Waals surface area contributed by atoms with Gasteiger partial charge in [-0.05, 0) is 12.1 Å². The lowest BCUT2D eigenvalue weighted by Gasteiger charge is -1.96. The first-order valence-corrected chi connectivity index (χ1v) is 5.09. The van der Waals surface area contributed by atoms with Crippen LogP contribution in [0, 0.1) is 0 Å². The van der Waals surface area contributed by atoms with Crippen molar-refractivity contribution in [1.82, 2.24) is 4.98 Å². The lowest BCUT2D eigenvalue weighted by atomic mass is 10.1. The lowest BCUT2D eigenvalue weighted by molar-refractivity contribution is 0.0696. The predicted molar refractivity (Wildman–Crippen MR) is 58.9 cm³/mol. The van der Waals surface area contributed by atoms with Crippen molar-refractivity contribution in [2.24, 2.45) is 0 Å². The van der Waals surface area contributed by atoms with Crippen molar-refractivity contribution in [2.75, 3.05) is 5.73 Å². The Balaban J connectivity index is 2.37. The Morgan fingerprint density at radius 2 is 2.00 bits per heavy atom. The van der Waals surface area contributed by atoms with Crippen molar-refractivity contribution in [3.8, 4) is 11.3 Å². The second-order valence-electron chi connectivity index (χ2n) is 2.97. The summed E-state index contributed by atoms with van der Waals surface area (Å²) in [5, 5.41) is 10.5. The molecule has 15 heavy (non-hydrogen) atoms. The second kappa shape index (κ2) is 3.70. The van der Waals surface area contributed by atoms with Gasteiger partial charge in [0.1, 0.15) is 0 Å². The van der Waals surface area contributed by atoms with Crippen LogP contribution in [0.1, 0.15) is 9.80 Å². The minimum atomic E-state index is -0.998. The van der Waals surface area contributed by atoms with E-state index < -0.39 is 5.97 Å². The molecule has 0 aliphatic rings. The van der Waals surface area contributed by atoms with Crippen molar-refractivity contribution in [3.63, 3.8) is 0 Å². The van der Waals surface area contributed by atoms with Crippen LogP contribution in [0.25, 0.3) is 11.3 Å². The summed E-state index contributed by atoms with van der Waals surface area (Å²) in [6.07, 6.45) is 0. The molecule has 0 saturated carbocycles. The number of thiazole rings is 1. The van der Waals surface area contributed by atoms with E-state index in [-0.39, 0.29) is 5.01 Å². The highest BCUT2D eigenvalue weighted by Gasteiger charge is 2.09. The Morgan fingerprint density at radius 3 is 2.53 bits per heavy atom. The Kier molecular flexibility index (Phi) is 2.39. The standard InChI is InChI=1S/C10H8N2O2S/c11-7-3-1-6(2-4-7)8-5-15-9(12-8)10(13)14/h1-5H,11H2,(H,13,14). The highest BCUT2D eigenvalue weighted by Crippen LogP contribution is 2.22. The first-order valence-electron chi connectivity index (χ1n) is 4.21. The van der Waals surface area contributed by atoms with Gasteiger partial charge < -0.3 is 10.8 Å². The van der Waals surface area contributed by atoms with Gasteiger partial charge in [0.15, 0.2) is 0 Å². The van der Waals surface area contributed by atoms with Gasteiger partial charge in [0.25, 0.3) is 0 Å². The van der Waals surface area contributed by atoms with Crippen LogP contribution in [0.4, 0.5) is 5.69 Å². The smallest absolute Gasteiger partial charge is 0.365 e. The van der Waals surface area contributed by atoms with Gasteiger partial charge in [0.2, 0.25) is 5.01 Å². The molecule has 0 atom stereocenters. The number of rotatable bonds is 2. The summed E-state index contributed by atoms with van der Waals surface area (Å²) < 4.78 is 0. The fraction of sp³-hybridized carbons (Fsp3) is 0. The van der Waals surface area contributed by atoms with Crippen molar-refractivity contribution >= 4 is 23.0 Å². The molecule has 0 unspecified atom stereocenters. The number of aromatic nitrogens is 1. The summed E-state index contributed by atoms with van der Waals surface area (Å²) >= 11 is 1.11. The molecule has 76 valence electrons. The van der Waals surface area contributed by atoms with Crippen LogP contribution in [0.2, 0.25) is 0 Å². The van der Waals surface area contributed by atoms with Crippen LogP contribution in [-0.2, 0) is 0 Å². The van der Waals surface area contributed by atoms with Gasteiger partial charge in [-0.3, -0.25) is 0 Å². The van der Waals surface area contributed by atoms with Crippen molar-refractivity contribution in [2.45, 2.75) is 0 Å². The predicted octanol–water partition coefficient (Wildman–Crippen LogP) is 2.09. The molecule has 0 radical (unpaired) electrons. The molecule has 3 N–H and O–H groups in total. The molecule has 1 aromatic heterocycles. The molecule has 5 heteroatoms. The largest absolute Gasteiger partial charge is 0.476 e. The number of hydrogen-bond donors (Lipinski definition) is 2. The van der Waals surface area contributed by atoms with Crippen LogP contribution < -0.4 is 5.73 Å². The Hall–Kier alpha value is -1.88. The van der Waals surface area contributed by atoms with Crippen molar-refractivity contribution in [3.05, 3.63) is 34.7 Å². The Labute approximate surface area is 90.0 Å². The highest BCUT2D eigenvalue weighted by atomic mass is 32.1. The zero-order valence-corrected chi connectivity index (χ0v) is 8.49. The summed E-state index contributed by atoms with van der Waals surface area (Å²) in [6.45, 7) is 0. The minimum Gasteiger partial charge on any atom is -0.476 e. The lowest BCUT2D eigenvalue weighted by Crippen LogP contribution is -1.94.